The highest BCUT2D eigenvalue weighted by Crippen LogP contribution is 2.11. The Labute approximate surface area is 106 Å². The van der Waals surface area contributed by atoms with Crippen molar-refractivity contribution < 1.29 is 4.79 Å². The maximum Gasteiger partial charge on any atom is 0.271 e. The first-order valence-corrected chi connectivity index (χ1v) is 5.81. The number of rotatable bonds is 3. The van der Waals surface area contributed by atoms with Crippen LogP contribution in [0, 0.1) is 6.92 Å². The molecule has 0 bridgehead atoms. The van der Waals surface area contributed by atoms with Crippen molar-refractivity contribution >= 4 is 5.91 Å². The first-order chi connectivity index (χ1) is 8.66. The molecular weight excluding hydrogens is 226 g/mol. The van der Waals surface area contributed by atoms with E-state index in [1.807, 2.05) is 44.2 Å². The van der Waals surface area contributed by atoms with Gasteiger partial charge in [0.15, 0.2) is 0 Å². The molecule has 4 heteroatoms. The lowest BCUT2D eigenvalue weighted by Crippen LogP contribution is -2.27. The zero-order valence-electron chi connectivity index (χ0n) is 10.4. The largest absolute Gasteiger partial charge is 0.344 e. The quantitative estimate of drug-likeness (QED) is 0.896. The van der Waals surface area contributed by atoms with E-state index in [1.54, 1.807) is 6.20 Å². The summed E-state index contributed by atoms with van der Waals surface area (Å²) in [4.78, 5) is 20.0. The summed E-state index contributed by atoms with van der Waals surface area (Å²) >= 11 is 0. The summed E-state index contributed by atoms with van der Waals surface area (Å²) in [6, 6.07) is 9.75. The normalized spacial score (nSPS) is 11.9. The molecule has 0 aliphatic rings. The number of nitrogens with zero attached hydrogens (tertiary/aromatic N) is 2. The molecule has 0 spiro atoms. The molecule has 1 aromatic heterocycles. The van der Waals surface area contributed by atoms with E-state index in [1.165, 1.54) is 6.20 Å². The number of hydrogen-bond acceptors (Lipinski definition) is 3. The van der Waals surface area contributed by atoms with Crippen LogP contribution in [-0.2, 0) is 0 Å². The van der Waals surface area contributed by atoms with Gasteiger partial charge in [0.2, 0.25) is 0 Å². The monoisotopic (exact) mass is 241 g/mol. The summed E-state index contributed by atoms with van der Waals surface area (Å²) < 4.78 is 0. The lowest BCUT2D eigenvalue weighted by molar-refractivity contribution is 0.0934. The minimum Gasteiger partial charge on any atom is -0.344 e. The second-order valence-electron chi connectivity index (χ2n) is 4.15. The number of aromatic nitrogens is 2. The Balaban J connectivity index is 2.06. The third-order valence-corrected chi connectivity index (χ3v) is 2.66. The molecule has 1 heterocycles. The fourth-order valence-corrected chi connectivity index (χ4v) is 1.61. The minimum atomic E-state index is -0.209. The van der Waals surface area contributed by atoms with Gasteiger partial charge in [0, 0.05) is 6.20 Å². The van der Waals surface area contributed by atoms with Gasteiger partial charge in [-0.25, -0.2) is 4.98 Å². The van der Waals surface area contributed by atoms with Crippen LogP contribution >= 0.6 is 0 Å². The zero-order chi connectivity index (χ0) is 13.0. The van der Waals surface area contributed by atoms with Crippen molar-refractivity contribution in [3.8, 4) is 0 Å². The number of carbonyl (C=O) groups is 1. The van der Waals surface area contributed by atoms with Crippen molar-refractivity contribution in [2.24, 2.45) is 0 Å². The third-order valence-electron chi connectivity index (χ3n) is 2.66. The van der Waals surface area contributed by atoms with Crippen molar-refractivity contribution in [3.05, 3.63) is 59.7 Å². The van der Waals surface area contributed by atoms with Crippen molar-refractivity contribution in [2.75, 3.05) is 0 Å². The third kappa shape index (κ3) is 2.91. The second-order valence-corrected chi connectivity index (χ2v) is 4.15. The fourth-order valence-electron chi connectivity index (χ4n) is 1.61. The molecule has 0 unspecified atom stereocenters. The Morgan fingerprint density at radius 3 is 2.50 bits per heavy atom. The summed E-state index contributed by atoms with van der Waals surface area (Å²) in [5.41, 5.74) is 2.19. The molecule has 18 heavy (non-hydrogen) atoms. The summed E-state index contributed by atoms with van der Waals surface area (Å²) in [5.74, 6) is -0.209. The SMILES string of the molecule is Cc1cnc(C(=O)N[C@@H](C)c2ccccc2)cn1. The van der Waals surface area contributed by atoms with Crippen molar-refractivity contribution in [3.63, 3.8) is 0 Å². The van der Waals surface area contributed by atoms with Crippen molar-refractivity contribution in [1.29, 1.82) is 0 Å². The molecule has 92 valence electrons. The second kappa shape index (κ2) is 5.40. The van der Waals surface area contributed by atoms with Gasteiger partial charge in [0.25, 0.3) is 5.91 Å². The average molecular weight is 241 g/mol. The summed E-state index contributed by atoms with van der Waals surface area (Å²) in [5, 5.41) is 2.89. The molecule has 1 amide bonds. The van der Waals surface area contributed by atoms with Crippen LogP contribution in [-0.4, -0.2) is 15.9 Å². The molecule has 0 aliphatic carbocycles. The first-order valence-electron chi connectivity index (χ1n) is 5.81. The van der Waals surface area contributed by atoms with Crippen LogP contribution < -0.4 is 5.32 Å². The lowest BCUT2D eigenvalue weighted by Gasteiger charge is -2.13. The number of hydrogen-bond donors (Lipinski definition) is 1. The fraction of sp³-hybridized carbons (Fsp3) is 0.214. The van der Waals surface area contributed by atoms with Crippen LogP contribution in [0.2, 0.25) is 0 Å². The van der Waals surface area contributed by atoms with Gasteiger partial charge in [-0.05, 0) is 19.4 Å². The van der Waals surface area contributed by atoms with E-state index >= 15 is 0 Å². The van der Waals surface area contributed by atoms with E-state index in [2.05, 4.69) is 15.3 Å². The molecule has 4 nitrogen and oxygen atoms in total. The molecule has 2 rings (SSSR count). The van der Waals surface area contributed by atoms with E-state index in [4.69, 9.17) is 0 Å². The van der Waals surface area contributed by atoms with Gasteiger partial charge in [-0.1, -0.05) is 30.3 Å². The van der Waals surface area contributed by atoms with E-state index in [-0.39, 0.29) is 11.9 Å². The maximum absolute atomic E-state index is 11.9. The lowest BCUT2D eigenvalue weighted by atomic mass is 10.1. The molecule has 0 radical (unpaired) electrons. The first kappa shape index (κ1) is 12.2. The number of nitrogens with one attached hydrogen (secondary N) is 1. The Kier molecular flexibility index (Phi) is 3.67. The van der Waals surface area contributed by atoms with E-state index in [0.717, 1.165) is 11.3 Å². The van der Waals surface area contributed by atoms with Crippen LogP contribution in [0.4, 0.5) is 0 Å². The molecule has 2 aromatic rings. The van der Waals surface area contributed by atoms with Crippen LogP contribution in [0.1, 0.15) is 34.7 Å². The average Bonchev–Trinajstić information content (AvgIpc) is 2.40. The topological polar surface area (TPSA) is 54.9 Å². The molecule has 0 saturated heterocycles. The highest BCUT2D eigenvalue weighted by Gasteiger charge is 2.12. The van der Waals surface area contributed by atoms with Crippen LogP contribution in [0.3, 0.4) is 0 Å². The minimum absolute atomic E-state index is 0.0539. The van der Waals surface area contributed by atoms with Gasteiger partial charge < -0.3 is 5.32 Å². The van der Waals surface area contributed by atoms with Gasteiger partial charge in [-0.3, -0.25) is 9.78 Å². The number of amides is 1. The number of carbonyl (C=O) groups excluding carboxylic acids is 1. The van der Waals surface area contributed by atoms with E-state index < -0.39 is 0 Å². The predicted molar refractivity (Wildman–Crippen MR) is 69.1 cm³/mol. The number of aryl methyl sites for hydroxylation is 1. The Bertz CT molecular complexity index is 522. The smallest absolute Gasteiger partial charge is 0.271 e. The van der Waals surface area contributed by atoms with Gasteiger partial charge in [-0.2, -0.15) is 0 Å². The van der Waals surface area contributed by atoms with Crippen molar-refractivity contribution in [1.82, 2.24) is 15.3 Å². The molecular formula is C14H15N3O. The molecule has 1 aromatic carbocycles. The van der Waals surface area contributed by atoms with E-state index in [9.17, 15) is 4.79 Å². The van der Waals surface area contributed by atoms with Crippen molar-refractivity contribution in [2.45, 2.75) is 19.9 Å². The van der Waals surface area contributed by atoms with Crippen LogP contribution in [0.5, 0.6) is 0 Å². The summed E-state index contributed by atoms with van der Waals surface area (Å²) in [6.07, 6.45) is 3.07. The van der Waals surface area contributed by atoms with Gasteiger partial charge in [-0.15, -0.1) is 0 Å². The highest BCUT2D eigenvalue weighted by molar-refractivity contribution is 5.92. The predicted octanol–water partition coefficient (Wildman–Crippen LogP) is 2.28. The Morgan fingerprint density at radius 2 is 1.89 bits per heavy atom. The van der Waals surface area contributed by atoms with Crippen LogP contribution in [0.15, 0.2) is 42.7 Å². The number of benzene rings is 1. The molecule has 1 atom stereocenters. The summed E-state index contributed by atoms with van der Waals surface area (Å²) in [7, 11) is 0. The van der Waals surface area contributed by atoms with E-state index in [0.29, 0.717) is 5.69 Å². The molecule has 0 fully saturated rings. The van der Waals surface area contributed by atoms with Gasteiger partial charge in [0.05, 0.1) is 17.9 Å². The zero-order valence-corrected chi connectivity index (χ0v) is 10.4. The Hall–Kier alpha value is -2.23. The van der Waals surface area contributed by atoms with Crippen LogP contribution in [0.25, 0.3) is 0 Å². The maximum atomic E-state index is 11.9. The molecule has 0 saturated carbocycles. The Morgan fingerprint density at radius 1 is 1.17 bits per heavy atom. The molecule has 1 N–H and O–H groups in total. The molecule has 0 aliphatic heterocycles. The highest BCUT2D eigenvalue weighted by atomic mass is 16.1. The standard InChI is InChI=1S/C14H15N3O/c1-10-8-16-13(9-15-10)14(18)17-11(2)12-6-4-3-5-7-12/h3-9,11H,1-2H3,(H,17,18)/t11-/m0/s1. The van der Waals surface area contributed by atoms with Gasteiger partial charge in [0.1, 0.15) is 5.69 Å². The summed E-state index contributed by atoms with van der Waals surface area (Å²) in [6.45, 7) is 3.77. The van der Waals surface area contributed by atoms with Gasteiger partial charge >= 0.3 is 0 Å².